The van der Waals surface area contributed by atoms with Crippen molar-refractivity contribution in [3.8, 4) is 17.0 Å². The van der Waals surface area contributed by atoms with E-state index in [9.17, 15) is 5.11 Å². The Hall–Kier alpha value is -3.12. The molecule has 0 unspecified atom stereocenters. The number of benzene rings is 2. The molecule has 6 heteroatoms. The van der Waals surface area contributed by atoms with Gasteiger partial charge in [0.25, 0.3) is 0 Å². The number of hydrogen-bond acceptors (Lipinski definition) is 5. The molecule has 1 aliphatic rings. The standard InChI is InChI=1S/C24H25N3O2S/c1-4-13-29-20-8-6-5-7-18(20)27-14-19(28)21(23(27)25)24-26-22(16(3)30-24)17-11-9-15(2)10-12-17/h5-12,25,28H,4,13-14H2,1-3H3. The third-order valence-electron chi connectivity index (χ3n) is 5.06. The number of amidine groups is 1. The molecule has 0 saturated carbocycles. The van der Waals surface area contributed by atoms with E-state index in [1.165, 1.54) is 16.9 Å². The Morgan fingerprint density at radius 1 is 1.13 bits per heavy atom. The zero-order chi connectivity index (χ0) is 21.3. The van der Waals surface area contributed by atoms with Crippen LogP contribution in [0.4, 0.5) is 5.69 Å². The molecule has 154 valence electrons. The summed E-state index contributed by atoms with van der Waals surface area (Å²) in [4.78, 5) is 7.63. The molecular weight excluding hydrogens is 394 g/mol. The highest BCUT2D eigenvalue weighted by Crippen LogP contribution is 2.39. The van der Waals surface area contributed by atoms with E-state index in [-0.39, 0.29) is 18.1 Å². The van der Waals surface area contributed by atoms with E-state index in [0.717, 1.165) is 28.2 Å². The third kappa shape index (κ3) is 3.71. The summed E-state index contributed by atoms with van der Waals surface area (Å²) in [6, 6.07) is 15.9. The van der Waals surface area contributed by atoms with Gasteiger partial charge in [-0.15, -0.1) is 11.3 Å². The van der Waals surface area contributed by atoms with Crippen LogP contribution in [0.15, 0.2) is 54.3 Å². The number of hydrogen-bond donors (Lipinski definition) is 2. The number of rotatable bonds is 6. The molecule has 2 N–H and O–H groups in total. The predicted molar refractivity (Wildman–Crippen MR) is 124 cm³/mol. The molecule has 0 atom stereocenters. The maximum atomic E-state index is 10.7. The van der Waals surface area contributed by atoms with Gasteiger partial charge in [0.05, 0.1) is 30.1 Å². The van der Waals surface area contributed by atoms with Gasteiger partial charge in [-0.25, -0.2) is 4.98 Å². The van der Waals surface area contributed by atoms with Crippen LogP contribution in [0.25, 0.3) is 16.8 Å². The quantitative estimate of drug-likeness (QED) is 0.515. The lowest BCUT2D eigenvalue weighted by Crippen LogP contribution is -2.26. The zero-order valence-electron chi connectivity index (χ0n) is 17.4. The molecule has 0 radical (unpaired) electrons. The number of thiazole rings is 1. The Bertz CT molecular complexity index is 1120. The number of anilines is 1. The van der Waals surface area contributed by atoms with Crippen LogP contribution < -0.4 is 9.64 Å². The van der Waals surface area contributed by atoms with E-state index in [2.05, 4.69) is 38.1 Å². The van der Waals surface area contributed by atoms with Gasteiger partial charge in [0.2, 0.25) is 0 Å². The fraction of sp³-hybridized carbons (Fsp3) is 0.250. The van der Waals surface area contributed by atoms with Crippen molar-refractivity contribution in [2.45, 2.75) is 27.2 Å². The maximum absolute atomic E-state index is 10.7. The van der Waals surface area contributed by atoms with E-state index >= 15 is 0 Å². The Balaban J connectivity index is 1.66. The zero-order valence-corrected chi connectivity index (χ0v) is 18.2. The smallest absolute Gasteiger partial charge is 0.142 e. The minimum absolute atomic E-state index is 0.162. The summed E-state index contributed by atoms with van der Waals surface area (Å²) in [6.07, 6.45) is 0.903. The largest absolute Gasteiger partial charge is 0.510 e. The molecule has 2 heterocycles. The summed E-state index contributed by atoms with van der Waals surface area (Å²) in [7, 11) is 0. The lowest BCUT2D eigenvalue weighted by Gasteiger charge is -2.21. The first kappa shape index (κ1) is 20.2. The van der Waals surface area contributed by atoms with E-state index in [0.29, 0.717) is 22.9 Å². The fourth-order valence-corrected chi connectivity index (χ4v) is 4.51. The molecule has 4 rings (SSSR count). The van der Waals surface area contributed by atoms with Gasteiger partial charge in [-0.05, 0) is 32.4 Å². The van der Waals surface area contributed by atoms with Gasteiger partial charge in [0.1, 0.15) is 22.4 Å². The molecule has 0 spiro atoms. The van der Waals surface area contributed by atoms with Gasteiger partial charge < -0.3 is 14.7 Å². The first-order valence-electron chi connectivity index (χ1n) is 10.0. The van der Waals surface area contributed by atoms with Gasteiger partial charge >= 0.3 is 0 Å². The van der Waals surface area contributed by atoms with Crippen LogP contribution in [0.3, 0.4) is 0 Å². The van der Waals surface area contributed by atoms with Gasteiger partial charge in [0, 0.05) is 10.4 Å². The predicted octanol–water partition coefficient (Wildman–Crippen LogP) is 5.98. The summed E-state index contributed by atoms with van der Waals surface area (Å²) in [5, 5.41) is 20.2. The summed E-state index contributed by atoms with van der Waals surface area (Å²) >= 11 is 1.51. The topological polar surface area (TPSA) is 69.4 Å². The Labute approximate surface area is 180 Å². The van der Waals surface area contributed by atoms with Crippen LogP contribution in [0.2, 0.25) is 0 Å². The molecular formula is C24H25N3O2S. The van der Waals surface area contributed by atoms with Crippen molar-refractivity contribution in [3.05, 3.63) is 69.7 Å². The molecule has 0 fully saturated rings. The van der Waals surface area contributed by atoms with Crippen molar-refractivity contribution in [1.82, 2.24) is 4.98 Å². The molecule has 5 nitrogen and oxygen atoms in total. The van der Waals surface area contributed by atoms with Gasteiger partial charge in [-0.2, -0.15) is 0 Å². The molecule has 0 amide bonds. The first-order valence-corrected chi connectivity index (χ1v) is 10.9. The second kappa shape index (κ2) is 8.32. The van der Waals surface area contributed by atoms with E-state index in [1.807, 2.05) is 31.2 Å². The van der Waals surface area contributed by atoms with Crippen molar-refractivity contribution in [1.29, 1.82) is 5.41 Å². The van der Waals surface area contributed by atoms with E-state index < -0.39 is 0 Å². The normalized spacial score (nSPS) is 14.0. The summed E-state index contributed by atoms with van der Waals surface area (Å²) in [5.41, 5.74) is 4.41. The Morgan fingerprint density at radius 3 is 2.60 bits per heavy atom. The van der Waals surface area contributed by atoms with Crippen LogP contribution in [0.5, 0.6) is 5.75 Å². The molecule has 2 aromatic carbocycles. The van der Waals surface area contributed by atoms with Crippen LogP contribution in [-0.4, -0.2) is 29.1 Å². The van der Waals surface area contributed by atoms with Gasteiger partial charge in [0.15, 0.2) is 0 Å². The van der Waals surface area contributed by atoms with Crippen molar-refractivity contribution < 1.29 is 9.84 Å². The van der Waals surface area contributed by atoms with Crippen molar-refractivity contribution in [2.75, 3.05) is 18.1 Å². The Morgan fingerprint density at radius 2 is 1.87 bits per heavy atom. The van der Waals surface area contributed by atoms with Crippen LogP contribution in [0, 0.1) is 19.3 Å². The van der Waals surface area contributed by atoms with Crippen LogP contribution in [0.1, 0.15) is 28.8 Å². The monoisotopic (exact) mass is 419 g/mol. The number of aliphatic hydroxyl groups excluding tert-OH is 1. The SMILES string of the molecule is CCCOc1ccccc1N1CC(O)=C(c2nc(-c3ccc(C)cc3)c(C)s2)C1=N. The fourth-order valence-electron chi connectivity index (χ4n) is 3.51. The van der Waals surface area contributed by atoms with Crippen LogP contribution in [-0.2, 0) is 0 Å². The number of aliphatic hydroxyl groups is 1. The third-order valence-corrected chi connectivity index (χ3v) is 6.04. The van der Waals surface area contributed by atoms with Crippen molar-refractivity contribution in [2.24, 2.45) is 0 Å². The molecule has 0 aliphatic carbocycles. The minimum Gasteiger partial charge on any atom is -0.510 e. The number of para-hydroxylation sites is 2. The maximum Gasteiger partial charge on any atom is 0.142 e. The lowest BCUT2D eigenvalue weighted by atomic mass is 10.1. The number of nitrogens with zero attached hydrogens (tertiary/aromatic N) is 2. The van der Waals surface area contributed by atoms with Crippen molar-refractivity contribution in [3.63, 3.8) is 0 Å². The second-order valence-electron chi connectivity index (χ2n) is 7.36. The summed E-state index contributed by atoms with van der Waals surface area (Å²) in [6.45, 7) is 6.98. The Kier molecular flexibility index (Phi) is 5.59. The summed E-state index contributed by atoms with van der Waals surface area (Å²) in [5.74, 6) is 1.12. The minimum atomic E-state index is 0.162. The molecule has 0 saturated heterocycles. The highest BCUT2D eigenvalue weighted by Gasteiger charge is 2.33. The lowest BCUT2D eigenvalue weighted by molar-refractivity contribution is 0.318. The number of aryl methyl sites for hydroxylation is 2. The average molecular weight is 420 g/mol. The number of nitrogens with one attached hydrogen (secondary N) is 1. The van der Waals surface area contributed by atoms with Gasteiger partial charge in [-0.3, -0.25) is 5.41 Å². The number of ether oxygens (including phenoxy) is 1. The second-order valence-corrected chi connectivity index (χ2v) is 8.57. The molecule has 0 bridgehead atoms. The molecule has 1 aromatic heterocycles. The number of aromatic nitrogens is 1. The molecule has 1 aliphatic heterocycles. The highest BCUT2D eigenvalue weighted by molar-refractivity contribution is 7.13. The van der Waals surface area contributed by atoms with Crippen LogP contribution >= 0.6 is 11.3 Å². The van der Waals surface area contributed by atoms with Gasteiger partial charge in [-0.1, -0.05) is 48.9 Å². The molecule has 3 aromatic rings. The molecule has 30 heavy (non-hydrogen) atoms. The highest BCUT2D eigenvalue weighted by atomic mass is 32.1. The van der Waals surface area contributed by atoms with E-state index in [4.69, 9.17) is 15.1 Å². The summed E-state index contributed by atoms with van der Waals surface area (Å²) < 4.78 is 5.86. The first-order chi connectivity index (χ1) is 14.5. The average Bonchev–Trinajstić information content (AvgIpc) is 3.26. The van der Waals surface area contributed by atoms with E-state index in [1.54, 1.807) is 4.90 Å². The van der Waals surface area contributed by atoms with Crippen molar-refractivity contribution >= 4 is 28.4 Å².